The molecule has 0 amide bonds. The van der Waals surface area contributed by atoms with Gasteiger partial charge in [-0.3, -0.25) is 0 Å². The molecule has 100 valence electrons. The van der Waals surface area contributed by atoms with Gasteiger partial charge in [0.1, 0.15) is 4.87 Å². The molecule has 2 aliphatic rings. The molecular weight excluding hydrogens is 284 g/mol. The van der Waals surface area contributed by atoms with Crippen molar-refractivity contribution >= 4 is 34.8 Å². The van der Waals surface area contributed by atoms with E-state index in [0.29, 0.717) is 0 Å². The summed E-state index contributed by atoms with van der Waals surface area (Å²) in [6, 6.07) is 19.2. The first-order valence-corrected chi connectivity index (χ1v) is 8.09. The highest BCUT2D eigenvalue weighted by Gasteiger charge is 2.49. The summed E-state index contributed by atoms with van der Waals surface area (Å²) in [6.07, 6.45) is 0. The fraction of sp³-hybridized carbons (Fsp3) is 0.188. The molecule has 0 bridgehead atoms. The summed E-state index contributed by atoms with van der Waals surface area (Å²) in [5.41, 5.74) is 3.74. The molecule has 0 aliphatic carbocycles. The minimum absolute atomic E-state index is 0.166. The number of nitrogens with zero attached hydrogens (tertiary/aromatic N) is 1. The summed E-state index contributed by atoms with van der Waals surface area (Å²) in [4.78, 5) is 2.16. The van der Waals surface area contributed by atoms with Gasteiger partial charge >= 0.3 is 0 Å². The minimum Gasteiger partial charge on any atom is -0.332 e. The lowest BCUT2D eigenvalue weighted by Gasteiger charge is -2.44. The Morgan fingerprint density at radius 1 is 1.05 bits per heavy atom. The molecule has 20 heavy (non-hydrogen) atoms. The third-order valence-electron chi connectivity index (χ3n) is 3.95. The molecule has 0 spiro atoms. The van der Waals surface area contributed by atoms with Crippen LogP contribution in [-0.4, -0.2) is 22.3 Å². The van der Waals surface area contributed by atoms with Crippen molar-refractivity contribution < 1.29 is 0 Å². The molecule has 1 saturated heterocycles. The van der Waals surface area contributed by atoms with Crippen molar-refractivity contribution in [2.45, 2.75) is 4.87 Å². The van der Waals surface area contributed by atoms with Crippen LogP contribution >= 0.6 is 24.0 Å². The molecule has 0 aromatic heterocycles. The number of thiocarbonyl (C=S) groups is 1. The topological polar surface area (TPSA) is 15.3 Å². The number of rotatable bonds is 1. The van der Waals surface area contributed by atoms with E-state index in [-0.39, 0.29) is 4.87 Å². The van der Waals surface area contributed by atoms with Crippen LogP contribution in [0.2, 0.25) is 0 Å². The highest BCUT2D eigenvalue weighted by Crippen LogP contribution is 2.53. The first-order chi connectivity index (χ1) is 9.82. The van der Waals surface area contributed by atoms with E-state index >= 15 is 0 Å². The maximum absolute atomic E-state index is 5.59. The van der Waals surface area contributed by atoms with Gasteiger partial charge in [0.2, 0.25) is 0 Å². The number of nitrogens with one attached hydrogen (secondary N) is 1. The number of para-hydroxylation sites is 1. The Kier molecular flexibility index (Phi) is 2.75. The van der Waals surface area contributed by atoms with E-state index < -0.39 is 0 Å². The Morgan fingerprint density at radius 2 is 1.80 bits per heavy atom. The zero-order valence-corrected chi connectivity index (χ0v) is 12.5. The van der Waals surface area contributed by atoms with Crippen LogP contribution in [0.15, 0.2) is 54.6 Å². The largest absolute Gasteiger partial charge is 0.332 e. The number of hydrogen-bond acceptors (Lipinski definition) is 2. The van der Waals surface area contributed by atoms with Crippen molar-refractivity contribution in [1.82, 2.24) is 4.90 Å². The fourth-order valence-electron chi connectivity index (χ4n) is 3.12. The molecule has 4 heteroatoms. The molecule has 4 rings (SSSR count). The summed E-state index contributed by atoms with van der Waals surface area (Å²) in [5, 5.41) is 4.20. The SMILES string of the molecule is S=C1Nc2ccccc2C2(c3ccccc3)SCCN12. The fourth-order valence-corrected chi connectivity index (χ4v) is 5.06. The second-order valence-electron chi connectivity index (χ2n) is 4.99. The molecular formula is C16H14N2S2. The van der Waals surface area contributed by atoms with Crippen molar-refractivity contribution in [2.24, 2.45) is 0 Å². The molecule has 2 aliphatic heterocycles. The maximum atomic E-state index is 5.59. The number of hydrogen-bond donors (Lipinski definition) is 1. The lowest BCUT2D eigenvalue weighted by atomic mass is 9.93. The molecule has 1 unspecified atom stereocenters. The minimum atomic E-state index is -0.166. The summed E-state index contributed by atoms with van der Waals surface area (Å²) >= 11 is 7.56. The lowest BCUT2D eigenvalue weighted by Crippen LogP contribution is -2.50. The van der Waals surface area contributed by atoms with E-state index in [1.54, 1.807) is 0 Å². The van der Waals surface area contributed by atoms with Crippen LogP contribution in [0.1, 0.15) is 11.1 Å². The smallest absolute Gasteiger partial charge is 0.175 e. The van der Waals surface area contributed by atoms with Gasteiger partial charge in [-0.2, -0.15) is 0 Å². The van der Waals surface area contributed by atoms with Crippen LogP contribution in [0.3, 0.4) is 0 Å². The van der Waals surface area contributed by atoms with Gasteiger partial charge in [0.25, 0.3) is 0 Å². The quantitative estimate of drug-likeness (QED) is 0.808. The van der Waals surface area contributed by atoms with Crippen LogP contribution in [0, 0.1) is 0 Å². The predicted molar refractivity (Wildman–Crippen MR) is 89.0 cm³/mol. The third-order valence-corrected chi connectivity index (χ3v) is 5.75. The summed E-state index contributed by atoms with van der Waals surface area (Å²) in [7, 11) is 0. The normalized spacial score (nSPS) is 24.0. The first-order valence-electron chi connectivity index (χ1n) is 6.70. The summed E-state index contributed by atoms with van der Waals surface area (Å²) < 4.78 is 0. The number of benzene rings is 2. The van der Waals surface area contributed by atoms with E-state index in [9.17, 15) is 0 Å². The zero-order chi connectivity index (χ0) is 13.6. The van der Waals surface area contributed by atoms with Crippen molar-refractivity contribution in [3.05, 3.63) is 65.7 Å². The summed E-state index contributed by atoms with van der Waals surface area (Å²) in [5.74, 6) is 1.09. The molecule has 0 radical (unpaired) electrons. The molecule has 1 atom stereocenters. The number of anilines is 1. The summed E-state index contributed by atoms with van der Waals surface area (Å²) in [6.45, 7) is 0.986. The number of fused-ring (bicyclic) bond motifs is 3. The Hall–Kier alpha value is -1.52. The van der Waals surface area contributed by atoms with Gasteiger partial charge in [-0.25, -0.2) is 0 Å². The van der Waals surface area contributed by atoms with Gasteiger partial charge in [0.05, 0.1) is 0 Å². The third kappa shape index (κ3) is 1.55. The molecule has 2 nitrogen and oxygen atoms in total. The highest BCUT2D eigenvalue weighted by atomic mass is 32.2. The van der Waals surface area contributed by atoms with Crippen LogP contribution in [0.5, 0.6) is 0 Å². The van der Waals surface area contributed by atoms with Gasteiger partial charge in [-0.15, -0.1) is 11.8 Å². The van der Waals surface area contributed by atoms with Crippen LogP contribution in [0.4, 0.5) is 5.69 Å². The maximum Gasteiger partial charge on any atom is 0.175 e. The van der Waals surface area contributed by atoms with Gasteiger partial charge in [-0.05, 0) is 23.8 Å². The van der Waals surface area contributed by atoms with Crippen molar-refractivity contribution in [2.75, 3.05) is 17.6 Å². The Bertz CT molecular complexity index is 671. The zero-order valence-electron chi connectivity index (χ0n) is 10.9. The van der Waals surface area contributed by atoms with E-state index in [2.05, 4.69) is 64.8 Å². The van der Waals surface area contributed by atoms with Crippen molar-refractivity contribution in [3.8, 4) is 0 Å². The molecule has 2 heterocycles. The predicted octanol–water partition coefficient (Wildman–Crippen LogP) is 3.65. The van der Waals surface area contributed by atoms with Crippen LogP contribution < -0.4 is 5.32 Å². The Balaban J connectivity index is 2.01. The Morgan fingerprint density at radius 3 is 2.65 bits per heavy atom. The number of thioether (sulfide) groups is 1. The molecule has 1 fully saturated rings. The van der Waals surface area contributed by atoms with Gasteiger partial charge in [0.15, 0.2) is 5.11 Å². The highest BCUT2D eigenvalue weighted by molar-refractivity contribution is 8.00. The van der Waals surface area contributed by atoms with E-state index in [1.165, 1.54) is 11.1 Å². The lowest BCUT2D eigenvalue weighted by molar-refractivity contribution is 0.361. The van der Waals surface area contributed by atoms with Gasteiger partial charge < -0.3 is 10.2 Å². The van der Waals surface area contributed by atoms with Crippen molar-refractivity contribution in [3.63, 3.8) is 0 Å². The van der Waals surface area contributed by atoms with Gasteiger partial charge in [-0.1, -0.05) is 48.5 Å². The van der Waals surface area contributed by atoms with E-state index in [0.717, 1.165) is 23.1 Å². The molecule has 2 aromatic carbocycles. The molecule has 2 aromatic rings. The average molecular weight is 298 g/mol. The first kappa shape index (κ1) is 12.2. The monoisotopic (exact) mass is 298 g/mol. The standard InChI is InChI=1S/C16H14N2S2/c19-15-17-14-9-5-4-8-13(14)16(18(15)10-11-20-16)12-6-2-1-3-7-12/h1-9H,10-11H2,(H,17,19). The molecule has 1 N–H and O–H groups in total. The second kappa shape index (κ2) is 4.50. The van der Waals surface area contributed by atoms with Gasteiger partial charge in [0, 0.05) is 23.5 Å². The van der Waals surface area contributed by atoms with Crippen LogP contribution in [0.25, 0.3) is 0 Å². The average Bonchev–Trinajstić information content (AvgIpc) is 2.95. The van der Waals surface area contributed by atoms with E-state index in [4.69, 9.17) is 12.2 Å². The van der Waals surface area contributed by atoms with Crippen LogP contribution in [-0.2, 0) is 4.87 Å². The van der Waals surface area contributed by atoms with Crippen molar-refractivity contribution in [1.29, 1.82) is 0 Å². The molecule has 0 saturated carbocycles. The Labute approximate surface area is 128 Å². The van der Waals surface area contributed by atoms with E-state index in [1.807, 2.05) is 11.8 Å². The second-order valence-corrected chi connectivity index (χ2v) is 6.66.